The number of anilines is 2. The van der Waals surface area contributed by atoms with E-state index in [0.717, 1.165) is 15.5 Å². The van der Waals surface area contributed by atoms with Crippen LogP contribution in [0.15, 0.2) is 53.9 Å². The van der Waals surface area contributed by atoms with Crippen molar-refractivity contribution in [3.63, 3.8) is 0 Å². The lowest BCUT2D eigenvalue weighted by Gasteiger charge is -2.12. The summed E-state index contributed by atoms with van der Waals surface area (Å²) >= 11 is 1.46. The highest BCUT2D eigenvalue weighted by molar-refractivity contribution is 7.90. The Bertz CT molecular complexity index is 1350. The third-order valence-electron chi connectivity index (χ3n) is 4.32. The smallest absolute Gasteiger partial charge is 0.340 e. The molecule has 2 aromatic carbocycles. The molecule has 2 N–H and O–H groups in total. The molecule has 2 aromatic heterocycles. The molecule has 11 heteroatoms. The molecule has 0 atom stereocenters. The Morgan fingerprint density at radius 2 is 1.83 bits per heavy atom. The first-order chi connectivity index (χ1) is 14.1. The summed E-state index contributed by atoms with van der Waals surface area (Å²) in [7, 11) is -5.44. The van der Waals surface area contributed by atoms with Crippen LogP contribution >= 0.6 is 11.3 Å². The van der Waals surface area contributed by atoms with Gasteiger partial charge in [-0.3, -0.25) is 0 Å². The van der Waals surface area contributed by atoms with E-state index < -0.39 is 27.9 Å². The molecule has 2 heterocycles. The SMILES string of the molecule is O=S(=O)(NCc1ccc2c(c1)nc(Nc1cccc(F)c1)c1ccsc12)C(F)(F)F. The summed E-state index contributed by atoms with van der Waals surface area (Å²) in [5.41, 5.74) is -4.11. The number of aromatic nitrogens is 1. The zero-order chi connectivity index (χ0) is 21.5. The van der Waals surface area contributed by atoms with Gasteiger partial charge in [0.1, 0.15) is 11.6 Å². The number of pyridine rings is 1. The highest BCUT2D eigenvalue weighted by Gasteiger charge is 2.45. The highest BCUT2D eigenvalue weighted by Crippen LogP contribution is 2.35. The number of hydrogen-bond acceptors (Lipinski definition) is 5. The number of nitrogens with zero attached hydrogens (tertiary/aromatic N) is 1. The number of alkyl halides is 3. The molecule has 0 aliphatic carbocycles. The molecule has 0 saturated carbocycles. The van der Waals surface area contributed by atoms with E-state index in [1.165, 1.54) is 34.3 Å². The van der Waals surface area contributed by atoms with E-state index in [1.54, 1.807) is 24.3 Å². The third kappa shape index (κ3) is 3.95. The predicted octanol–water partition coefficient (Wildman–Crippen LogP) is 5.27. The number of fused-ring (bicyclic) bond motifs is 3. The molecule has 0 unspecified atom stereocenters. The van der Waals surface area contributed by atoms with Crippen LogP contribution in [0.4, 0.5) is 29.1 Å². The predicted molar refractivity (Wildman–Crippen MR) is 109 cm³/mol. The minimum Gasteiger partial charge on any atom is -0.340 e. The number of halogens is 4. The molecule has 4 rings (SSSR count). The number of benzene rings is 2. The number of nitrogens with one attached hydrogen (secondary N) is 2. The molecule has 0 aliphatic rings. The number of rotatable bonds is 5. The van der Waals surface area contributed by atoms with E-state index in [9.17, 15) is 26.0 Å². The van der Waals surface area contributed by atoms with Gasteiger partial charge in [0, 0.05) is 27.7 Å². The molecular weight excluding hydrogens is 442 g/mol. The molecule has 0 saturated heterocycles. The van der Waals surface area contributed by atoms with Gasteiger partial charge in [0.15, 0.2) is 0 Å². The first-order valence-electron chi connectivity index (χ1n) is 8.52. The van der Waals surface area contributed by atoms with Crippen molar-refractivity contribution in [3.8, 4) is 0 Å². The van der Waals surface area contributed by atoms with Crippen LogP contribution in [-0.2, 0) is 16.6 Å². The van der Waals surface area contributed by atoms with Gasteiger partial charge in [-0.15, -0.1) is 11.3 Å². The van der Waals surface area contributed by atoms with Crippen molar-refractivity contribution in [1.82, 2.24) is 9.71 Å². The van der Waals surface area contributed by atoms with Crippen molar-refractivity contribution < 1.29 is 26.0 Å². The molecule has 5 nitrogen and oxygen atoms in total. The minimum absolute atomic E-state index is 0.315. The Balaban J connectivity index is 1.72. The van der Waals surface area contributed by atoms with E-state index in [0.29, 0.717) is 22.6 Å². The fraction of sp³-hybridized carbons (Fsp3) is 0.105. The number of sulfonamides is 1. The standard InChI is InChI=1S/C19H13F4N3O2S2/c20-12-2-1-3-13(9-12)25-18-15-6-7-29-17(15)14-5-4-11(8-16(14)26-18)10-24-30(27,28)19(21,22)23/h1-9,24H,10H2,(H,25,26). The molecule has 0 spiro atoms. The second kappa shape index (κ2) is 7.49. The summed E-state index contributed by atoms with van der Waals surface area (Å²) in [5, 5.41) is 6.50. The van der Waals surface area contributed by atoms with Gasteiger partial charge in [-0.1, -0.05) is 18.2 Å². The van der Waals surface area contributed by atoms with Crippen LogP contribution in [0.1, 0.15) is 5.56 Å². The molecule has 30 heavy (non-hydrogen) atoms. The number of thiophene rings is 1. The van der Waals surface area contributed by atoms with Crippen LogP contribution in [0.25, 0.3) is 21.0 Å². The lowest BCUT2D eigenvalue weighted by molar-refractivity contribution is -0.0448. The van der Waals surface area contributed by atoms with Gasteiger partial charge in [-0.05, 0) is 41.3 Å². The maximum Gasteiger partial charge on any atom is 0.511 e. The molecule has 156 valence electrons. The summed E-state index contributed by atoms with van der Waals surface area (Å²) in [6, 6.07) is 12.5. The van der Waals surface area contributed by atoms with E-state index in [4.69, 9.17) is 0 Å². The van der Waals surface area contributed by atoms with Crippen molar-refractivity contribution in [3.05, 3.63) is 65.3 Å². The van der Waals surface area contributed by atoms with Crippen LogP contribution in [0.2, 0.25) is 0 Å². The fourth-order valence-electron chi connectivity index (χ4n) is 2.92. The molecule has 0 aliphatic heterocycles. The molecule has 0 bridgehead atoms. The molecule has 0 radical (unpaired) electrons. The average molecular weight is 455 g/mol. The second-order valence-electron chi connectivity index (χ2n) is 6.38. The van der Waals surface area contributed by atoms with Crippen LogP contribution in [0.3, 0.4) is 0 Å². The maximum atomic E-state index is 13.5. The Kier molecular flexibility index (Phi) is 5.12. The first kappa shape index (κ1) is 20.5. The lowest BCUT2D eigenvalue weighted by atomic mass is 10.1. The van der Waals surface area contributed by atoms with Crippen molar-refractivity contribution in [2.24, 2.45) is 0 Å². The van der Waals surface area contributed by atoms with Crippen LogP contribution < -0.4 is 10.0 Å². The van der Waals surface area contributed by atoms with Gasteiger partial charge < -0.3 is 5.32 Å². The first-order valence-corrected chi connectivity index (χ1v) is 10.9. The quantitative estimate of drug-likeness (QED) is 0.402. The summed E-state index contributed by atoms with van der Waals surface area (Å²) in [5.74, 6) is 0.0407. The van der Waals surface area contributed by atoms with Crippen molar-refractivity contribution >= 4 is 53.9 Å². The van der Waals surface area contributed by atoms with Gasteiger partial charge in [0.25, 0.3) is 0 Å². The zero-order valence-electron chi connectivity index (χ0n) is 15.0. The molecule has 4 aromatic rings. The second-order valence-corrected chi connectivity index (χ2v) is 9.06. The van der Waals surface area contributed by atoms with Crippen molar-refractivity contribution in [1.29, 1.82) is 0 Å². The average Bonchev–Trinajstić information content (AvgIpc) is 3.16. The number of hydrogen-bond donors (Lipinski definition) is 2. The third-order valence-corrected chi connectivity index (χ3v) is 6.40. The molecule has 0 fully saturated rings. The van der Waals surface area contributed by atoms with E-state index in [1.807, 2.05) is 11.4 Å². The Morgan fingerprint density at radius 1 is 1.03 bits per heavy atom. The Morgan fingerprint density at radius 3 is 2.57 bits per heavy atom. The van der Waals surface area contributed by atoms with Gasteiger partial charge in [0.2, 0.25) is 0 Å². The monoisotopic (exact) mass is 455 g/mol. The van der Waals surface area contributed by atoms with Crippen molar-refractivity contribution in [2.45, 2.75) is 12.1 Å². The molecular formula is C19H13F4N3O2S2. The minimum atomic E-state index is -5.44. The van der Waals surface area contributed by atoms with E-state index in [-0.39, 0.29) is 0 Å². The zero-order valence-corrected chi connectivity index (χ0v) is 16.6. The Labute approximate surface area is 172 Å². The summed E-state index contributed by atoms with van der Waals surface area (Å²) in [6.45, 7) is -0.533. The van der Waals surface area contributed by atoms with Crippen LogP contribution in [0.5, 0.6) is 0 Å². The lowest BCUT2D eigenvalue weighted by Crippen LogP contribution is -2.35. The summed E-state index contributed by atoms with van der Waals surface area (Å²) in [4.78, 5) is 4.53. The topological polar surface area (TPSA) is 71.1 Å². The summed E-state index contributed by atoms with van der Waals surface area (Å²) in [6.07, 6.45) is 0. The van der Waals surface area contributed by atoms with Crippen LogP contribution in [-0.4, -0.2) is 18.9 Å². The van der Waals surface area contributed by atoms with Gasteiger partial charge >= 0.3 is 15.5 Å². The van der Waals surface area contributed by atoms with E-state index >= 15 is 0 Å². The fourth-order valence-corrected chi connectivity index (χ4v) is 4.37. The largest absolute Gasteiger partial charge is 0.511 e. The van der Waals surface area contributed by atoms with Gasteiger partial charge in [0.05, 0.1) is 5.52 Å². The highest BCUT2D eigenvalue weighted by atomic mass is 32.2. The van der Waals surface area contributed by atoms with E-state index in [2.05, 4.69) is 10.3 Å². The van der Waals surface area contributed by atoms with Crippen molar-refractivity contribution in [2.75, 3.05) is 5.32 Å². The summed E-state index contributed by atoms with van der Waals surface area (Å²) < 4.78 is 75.9. The van der Waals surface area contributed by atoms with Gasteiger partial charge in [-0.2, -0.15) is 13.2 Å². The maximum absolute atomic E-state index is 13.5. The van der Waals surface area contributed by atoms with Gasteiger partial charge in [-0.25, -0.2) is 22.5 Å². The molecule has 0 amide bonds. The van der Waals surface area contributed by atoms with Crippen LogP contribution in [0, 0.1) is 5.82 Å². The normalized spacial score (nSPS) is 12.5. The Hall–Kier alpha value is -2.76.